The molecule has 0 saturated carbocycles. The molecule has 0 radical (unpaired) electrons. The number of hydrogen-bond donors (Lipinski definition) is 1. The molecule has 7 nitrogen and oxygen atoms in total. The summed E-state index contributed by atoms with van der Waals surface area (Å²) in [6.45, 7) is 16.0. The molecule has 2 aliphatic rings. The molecular formula is C36H45FN2O5. The molecule has 236 valence electrons. The molecule has 0 bridgehead atoms. The van der Waals surface area contributed by atoms with Crippen molar-refractivity contribution < 1.29 is 28.5 Å². The molecule has 0 aliphatic carbocycles. The first-order chi connectivity index (χ1) is 20.7. The van der Waals surface area contributed by atoms with Gasteiger partial charge in [-0.3, -0.25) is 4.98 Å². The summed E-state index contributed by atoms with van der Waals surface area (Å²) in [6, 6.07) is 12.5. The Labute approximate surface area is 260 Å². The number of rotatable bonds is 8. The van der Waals surface area contributed by atoms with Crippen LogP contribution in [0.5, 0.6) is 11.5 Å². The molecular weight excluding hydrogens is 559 g/mol. The van der Waals surface area contributed by atoms with Crippen molar-refractivity contribution in [2.24, 2.45) is 5.41 Å². The number of carbonyl (C=O) groups is 1. The molecule has 1 N–H and O–H groups in total. The highest BCUT2D eigenvalue weighted by Gasteiger charge is 2.36. The largest absolute Gasteiger partial charge is 0.487 e. The maximum atomic E-state index is 14.0. The van der Waals surface area contributed by atoms with Gasteiger partial charge in [0.1, 0.15) is 18.5 Å². The molecule has 1 fully saturated rings. The predicted molar refractivity (Wildman–Crippen MR) is 170 cm³/mol. The number of aromatic nitrogens is 1. The molecule has 0 amide bonds. The summed E-state index contributed by atoms with van der Waals surface area (Å²) in [7, 11) is 0. The van der Waals surface area contributed by atoms with Gasteiger partial charge in [-0.1, -0.05) is 32.0 Å². The minimum atomic E-state index is -1.16. The molecule has 5 rings (SSSR count). The van der Waals surface area contributed by atoms with Crippen LogP contribution in [0.25, 0.3) is 11.1 Å². The Morgan fingerprint density at radius 1 is 1.14 bits per heavy atom. The minimum absolute atomic E-state index is 0.194. The van der Waals surface area contributed by atoms with E-state index in [2.05, 4.69) is 24.8 Å². The van der Waals surface area contributed by atoms with Crippen LogP contribution >= 0.6 is 0 Å². The highest BCUT2D eigenvalue weighted by Crippen LogP contribution is 2.46. The number of carboxylic acid groups (broad SMARTS) is 1. The number of benzene rings is 2. The van der Waals surface area contributed by atoms with E-state index >= 15 is 0 Å². The van der Waals surface area contributed by atoms with E-state index in [4.69, 9.17) is 19.2 Å². The molecule has 44 heavy (non-hydrogen) atoms. The maximum absolute atomic E-state index is 14.0. The second-order valence-corrected chi connectivity index (χ2v) is 13.9. The normalized spacial score (nSPS) is 18.7. The van der Waals surface area contributed by atoms with Gasteiger partial charge in [0.05, 0.1) is 11.3 Å². The molecule has 2 atom stereocenters. The van der Waals surface area contributed by atoms with Gasteiger partial charge in [-0.25, -0.2) is 9.18 Å². The quantitative estimate of drug-likeness (QED) is 0.281. The van der Waals surface area contributed by atoms with Crippen molar-refractivity contribution in [3.63, 3.8) is 0 Å². The minimum Gasteiger partial charge on any atom is -0.487 e. The zero-order valence-corrected chi connectivity index (χ0v) is 27.0. The molecule has 2 aromatic carbocycles. The van der Waals surface area contributed by atoms with Gasteiger partial charge in [-0.2, -0.15) is 0 Å². The molecule has 2 aliphatic heterocycles. The SMILES string of the molecule is Cc1nc(C)c([C@H](OC(C)(C)C)C(=O)O)c(N2CCC(C)(C)CC2)c1-c1ccc2c(c1)CCC(COc1ccccc1F)O2. The number of ether oxygens (including phenoxy) is 3. The number of piperidine rings is 1. The molecule has 1 unspecified atom stereocenters. The molecule has 1 aromatic heterocycles. The third-order valence-corrected chi connectivity index (χ3v) is 8.61. The summed E-state index contributed by atoms with van der Waals surface area (Å²) in [4.78, 5) is 20.0. The van der Waals surface area contributed by atoms with Crippen LogP contribution in [0.4, 0.5) is 10.1 Å². The second-order valence-electron chi connectivity index (χ2n) is 13.9. The molecule has 0 spiro atoms. The van der Waals surface area contributed by atoms with Crippen molar-refractivity contribution in [3.05, 3.63) is 70.8 Å². The van der Waals surface area contributed by atoms with Gasteiger partial charge in [0.25, 0.3) is 0 Å². The van der Waals surface area contributed by atoms with E-state index in [0.29, 0.717) is 11.3 Å². The number of aliphatic carboxylic acids is 1. The van der Waals surface area contributed by atoms with Gasteiger partial charge in [0, 0.05) is 35.6 Å². The molecule has 3 heterocycles. The average molecular weight is 605 g/mol. The summed E-state index contributed by atoms with van der Waals surface area (Å²) < 4.78 is 32.3. The van der Waals surface area contributed by atoms with Gasteiger partial charge in [0.15, 0.2) is 17.7 Å². The lowest BCUT2D eigenvalue weighted by atomic mass is 9.81. The van der Waals surface area contributed by atoms with E-state index in [-0.39, 0.29) is 29.7 Å². The number of anilines is 1. The number of hydrogen-bond acceptors (Lipinski definition) is 6. The van der Waals surface area contributed by atoms with Gasteiger partial charge in [-0.15, -0.1) is 0 Å². The van der Waals surface area contributed by atoms with Crippen molar-refractivity contribution >= 4 is 11.7 Å². The number of fused-ring (bicyclic) bond motifs is 1. The van der Waals surface area contributed by atoms with Crippen LogP contribution in [0, 0.1) is 25.1 Å². The predicted octanol–water partition coefficient (Wildman–Crippen LogP) is 7.84. The number of halogens is 1. The summed E-state index contributed by atoms with van der Waals surface area (Å²) in [5, 5.41) is 10.4. The van der Waals surface area contributed by atoms with E-state index in [1.165, 1.54) is 6.07 Å². The molecule has 8 heteroatoms. The zero-order valence-electron chi connectivity index (χ0n) is 27.0. The Bertz CT molecular complexity index is 1520. The van der Waals surface area contributed by atoms with Crippen LogP contribution in [0.15, 0.2) is 42.5 Å². The van der Waals surface area contributed by atoms with E-state index in [9.17, 15) is 14.3 Å². The van der Waals surface area contributed by atoms with E-state index in [1.807, 2.05) is 46.8 Å². The van der Waals surface area contributed by atoms with Crippen molar-refractivity contribution in [3.8, 4) is 22.6 Å². The maximum Gasteiger partial charge on any atom is 0.337 e. The van der Waals surface area contributed by atoms with Crippen LogP contribution in [-0.4, -0.2) is 47.5 Å². The van der Waals surface area contributed by atoms with Crippen molar-refractivity contribution in [1.82, 2.24) is 4.98 Å². The molecule has 3 aromatic rings. The van der Waals surface area contributed by atoms with Gasteiger partial charge < -0.3 is 24.2 Å². The topological polar surface area (TPSA) is 81.1 Å². The number of aryl methyl sites for hydroxylation is 3. The Hall–Kier alpha value is -3.65. The second kappa shape index (κ2) is 12.4. The fraction of sp³-hybridized carbons (Fsp3) is 0.500. The van der Waals surface area contributed by atoms with Crippen LogP contribution in [0.1, 0.15) is 82.5 Å². The summed E-state index contributed by atoms with van der Waals surface area (Å²) in [5.74, 6) is -0.415. The lowest BCUT2D eigenvalue weighted by Crippen LogP contribution is -2.39. The van der Waals surface area contributed by atoms with E-state index in [1.54, 1.807) is 18.2 Å². The van der Waals surface area contributed by atoms with Crippen molar-refractivity contribution in [2.45, 2.75) is 92.0 Å². The summed E-state index contributed by atoms with van der Waals surface area (Å²) in [5.41, 5.74) is 5.55. The third kappa shape index (κ3) is 7.01. The van der Waals surface area contributed by atoms with E-state index < -0.39 is 17.7 Å². The highest BCUT2D eigenvalue weighted by molar-refractivity contribution is 5.88. The first-order valence-corrected chi connectivity index (χ1v) is 15.6. The average Bonchev–Trinajstić information content (AvgIpc) is 2.94. The van der Waals surface area contributed by atoms with Gasteiger partial charge in [-0.05, 0) is 101 Å². The molecule has 1 saturated heterocycles. The fourth-order valence-electron chi connectivity index (χ4n) is 6.22. The number of pyridine rings is 1. The first kappa shape index (κ1) is 31.8. The van der Waals surface area contributed by atoms with E-state index in [0.717, 1.165) is 72.6 Å². The Morgan fingerprint density at radius 2 is 1.84 bits per heavy atom. The Balaban J connectivity index is 1.53. The van der Waals surface area contributed by atoms with Crippen molar-refractivity contribution in [2.75, 3.05) is 24.6 Å². The summed E-state index contributed by atoms with van der Waals surface area (Å²) >= 11 is 0. The lowest BCUT2D eigenvalue weighted by Gasteiger charge is -2.41. The Morgan fingerprint density at radius 3 is 2.50 bits per heavy atom. The van der Waals surface area contributed by atoms with Gasteiger partial charge in [0.2, 0.25) is 0 Å². The summed E-state index contributed by atoms with van der Waals surface area (Å²) in [6.07, 6.45) is 2.15. The monoisotopic (exact) mass is 604 g/mol. The number of para-hydroxylation sites is 1. The van der Waals surface area contributed by atoms with Crippen LogP contribution < -0.4 is 14.4 Å². The Kier molecular flexibility index (Phi) is 8.94. The number of nitrogens with zero attached hydrogens (tertiary/aromatic N) is 2. The highest BCUT2D eigenvalue weighted by atomic mass is 19.1. The van der Waals surface area contributed by atoms with Crippen LogP contribution in [0.2, 0.25) is 0 Å². The zero-order chi connectivity index (χ0) is 31.8. The van der Waals surface area contributed by atoms with Gasteiger partial charge >= 0.3 is 5.97 Å². The standard InChI is InChI=1S/C36H45FN2O5/c1-22-30(25-13-15-28-24(20-25)12-14-26(43-28)21-42-29-11-9-8-10-27(29)37)32(39-18-16-36(6,7)17-19-39)31(23(2)38-22)33(34(40)41)44-35(3,4)5/h8-11,13,15,20,26,33H,12,14,16-19,21H2,1-7H3,(H,40,41)/t26?,33-/m0/s1. The first-order valence-electron chi connectivity index (χ1n) is 15.6. The van der Waals surface area contributed by atoms with Crippen molar-refractivity contribution in [1.29, 1.82) is 0 Å². The smallest absolute Gasteiger partial charge is 0.337 e. The lowest BCUT2D eigenvalue weighted by molar-refractivity contribution is -0.160. The third-order valence-electron chi connectivity index (χ3n) is 8.61. The van der Waals surface area contributed by atoms with Crippen LogP contribution in [-0.2, 0) is 16.0 Å². The fourth-order valence-corrected chi connectivity index (χ4v) is 6.22. The van der Waals surface area contributed by atoms with Crippen LogP contribution in [0.3, 0.4) is 0 Å². The number of carboxylic acids is 1.